The van der Waals surface area contributed by atoms with Crippen LogP contribution < -0.4 is 15.3 Å². The van der Waals surface area contributed by atoms with Gasteiger partial charge in [0.2, 0.25) is 0 Å². The van der Waals surface area contributed by atoms with E-state index in [0.717, 1.165) is 5.69 Å². The van der Waals surface area contributed by atoms with Crippen LogP contribution in [0.25, 0.3) is 0 Å². The van der Waals surface area contributed by atoms with Gasteiger partial charge >= 0.3 is 7.59 Å². The van der Waals surface area contributed by atoms with Crippen LogP contribution in [-0.2, 0) is 4.57 Å². The minimum atomic E-state index is -2.65. The average molecular weight is 199 g/mol. The second-order valence-electron chi connectivity index (χ2n) is 2.53. The molecule has 0 fully saturated rings. The average Bonchev–Trinajstić information content (AvgIpc) is 2.19. The lowest BCUT2D eigenvalue weighted by Gasteiger charge is -2.17. The van der Waals surface area contributed by atoms with Gasteiger partial charge in [0.1, 0.15) is 0 Å². The Morgan fingerprint density at radius 2 is 1.62 bits per heavy atom. The molecule has 1 aromatic rings. The highest BCUT2D eigenvalue weighted by atomic mass is 31.2. The first-order valence-corrected chi connectivity index (χ1v) is 5.72. The molecule has 72 valence electrons. The monoisotopic (exact) mass is 199 g/mol. The summed E-state index contributed by atoms with van der Waals surface area (Å²) >= 11 is 0. The molecule has 0 amide bonds. The Balaban J connectivity index is 2.74. The predicted octanol–water partition coefficient (Wildman–Crippen LogP) is 1.65. The summed E-state index contributed by atoms with van der Waals surface area (Å²) in [5.74, 6) is 0. The standard InChI is InChI=1S/C8H14N3OP/c1-9-13(12,10-2)11-8-6-4-3-5-7-8/h3-7H,1-2H3,(H3,9,10,11,12). The Kier molecular flexibility index (Phi) is 3.48. The Bertz CT molecular complexity index is 294. The fourth-order valence-corrected chi connectivity index (χ4v) is 1.88. The molecule has 0 unspecified atom stereocenters. The summed E-state index contributed by atoms with van der Waals surface area (Å²) in [5, 5.41) is 8.31. The first-order valence-electron chi connectivity index (χ1n) is 4.01. The minimum absolute atomic E-state index is 0.828. The zero-order valence-corrected chi connectivity index (χ0v) is 8.64. The van der Waals surface area contributed by atoms with Crippen molar-refractivity contribution >= 4 is 13.3 Å². The lowest BCUT2D eigenvalue weighted by atomic mass is 10.3. The van der Waals surface area contributed by atoms with Crippen molar-refractivity contribution in [1.82, 2.24) is 10.2 Å². The third-order valence-corrected chi connectivity index (χ3v) is 3.52. The molecule has 0 spiro atoms. The molecule has 0 aliphatic rings. The SMILES string of the molecule is CNP(=O)(NC)Nc1ccccc1. The van der Waals surface area contributed by atoms with Crippen molar-refractivity contribution in [3.8, 4) is 0 Å². The fourth-order valence-electron chi connectivity index (χ4n) is 0.918. The van der Waals surface area contributed by atoms with Crippen LogP contribution in [0.1, 0.15) is 0 Å². The van der Waals surface area contributed by atoms with E-state index in [1.54, 1.807) is 14.1 Å². The number of rotatable bonds is 4. The molecular formula is C8H14N3OP. The van der Waals surface area contributed by atoms with E-state index < -0.39 is 7.59 Å². The molecule has 0 saturated carbocycles. The lowest BCUT2D eigenvalue weighted by molar-refractivity contribution is 0.566. The van der Waals surface area contributed by atoms with E-state index in [2.05, 4.69) is 15.3 Å². The summed E-state index contributed by atoms with van der Waals surface area (Å²) in [6.45, 7) is 0. The van der Waals surface area contributed by atoms with Crippen LogP contribution in [0.4, 0.5) is 5.69 Å². The van der Waals surface area contributed by atoms with Gasteiger partial charge in [0.15, 0.2) is 0 Å². The van der Waals surface area contributed by atoms with E-state index >= 15 is 0 Å². The Morgan fingerprint density at radius 1 is 1.08 bits per heavy atom. The van der Waals surface area contributed by atoms with Crippen LogP contribution in [0.15, 0.2) is 30.3 Å². The van der Waals surface area contributed by atoms with Gasteiger partial charge in [0, 0.05) is 5.69 Å². The van der Waals surface area contributed by atoms with Gasteiger partial charge < -0.3 is 5.09 Å². The van der Waals surface area contributed by atoms with E-state index in [0.29, 0.717) is 0 Å². The maximum Gasteiger partial charge on any atom is 0.302 e. The van der Waals surface area contributed by atoms with Crippen molar-refractivity contribution < 1.29 is 4.57 Å². The number of hydrogen-bond donors (Lipinski definition) is 3. The van der Waals surface area contributed by atoms with Crippen LogP contribution in [-0.4, -0.2) is 14.1 Å². The first-order chi connectivity index (χ1) is 6.20. The van der Waals surface area contributed by atoms with Gasteiger partial charge in [-0.25, -0.2) is 10.2 Å². The molecule has 1 aromatic carbocycles. The largest absolute Gasteiger partial charge is 0.313 e. The van der Waals surface area contributed by atoms with E-state index in [9.17, 15) is 4.57 Å². The van der Waals surface area contributed by atoms with Crippen molar-refractivity contribution in [1.29, 1.82) is 0 Å². The third-order valence-electron chi connectivity index (χ3n) is 1.69. The Labute approximate surface area is 78.3 Å². The second kappa shape index (κ2) is 4.42. The molecule has 4 nitrogen and oxygen atoms in total. The van der Waals surface area contributed by atoms with Gasteiger partial charge in [-0.3, -0.25) is 4.57 Å². The number of anilines is 1. The predicted molar refractivity (Wildman–Crippen MR) is 55.8 cm³/mol. The van der Waals surface area contributed by atoms with Gasteiger partial charge in [-0.1, -0.05) is 18.2 Å². The van der Waals surface area contributed by atoms with Gasteiger partial charge in [-0.05, 0) is 26.2 Å². The molecule has 0 saturated heterocycles. The molecule has 0 heterocycles. The number of nitrogens with one attached hydrogen (secondary N) is 3. The molecular weight excluding hydrogens is 185 g/mol. The van der Waals surface area contributed by atoms with Crippen LogP contribution in [0.3, 0.4) is 0 Å². The highest BCUT2D eigenvalue weighted by Gasteiger charge is 2.15. The maximum atomic E-state index is 11.8. The second-order valence-corrected chi connectivity index (χ2v) is 4.87. The quantitative estimate of drug-likeness (QED) is 0.645. The van der Waals surface area contributed by atoms with E-state index in [-0.39, 0.29) is 0 Å². The molecule has 3 N–H and O–H groups in total. The Morgan fingerprint density at radius 3 is 2.08 bits per heavy atom. The van der Waals surface area contributed by atoms with Crippen molar-refractivity contribution in [3.63, 3.8) is 0 Å². The Hall–Kier alpha value is -0.830. The van der Waals surface area contributed by atoms with E-state index in [1.807, 2.05) is 30.3 Å². The molecule has 0 atom stereocenters. The maximum absolute atomic E-state index is 11.8. The summed E-state index contributed by atoms with van der Waals surface area (Å²) < 4.78 is 11.8. The fraction of sp³-hybridized carbons (Fsp3) is 0.250. The highest BCUT2D eigenvalue weighted by molar-refractivity contribution is 7.61. The molecule has 1 rings (SSSR count). The lowest BCUT2D eigenvalue weighted by Crippen LogP contribution is -2.21. The van der Waals surface area contributed by atoms with Crippen molar-refractivity contribution in [2.45, 2.75) is 0 Å². The summed E-state index contributed by atoms with van der Waals surface area (Å²) in [6, 6.07) is 9.41. The van der Waals surface area contributed by atoms with Gasteiger partial charge in [0.05, 0.1) is 0 Å². The van der Waals surface area contributed by atoms with Crippen LogP contribution in [0.5, 0.6) is 0 Å². The summed E-state index contributed by atoms with van der Waals surface area (Å²) in [4.78, 5) is 0. The van der Waals surface area contributed by atoms with Crippen molar-refractivity contribution in [2.75, 3.05) is 19.2 Å². The molecule has 0 aromatic heterocycles. The highest BCUT2D eigenvalue weighted by Crippen LogP contribution is 2.34. The topological polar surface area (TPSA) is 53.2 Å². The van der Waals surface area contributed by atoms with Crippen LogP contribution >= 0.6 is 7.59 Å². The molecule has 0 radical (unpaired) electrons. The zero-order chi connectivity index (χ0) is 9.73. The number of hydrogen-bond acceptors (Lipinski definition) is 1. The molecule has 13 heavy (non-hydrogen) atoms. The number of benzene rings is 1. The van der Waals surface area contributed by atoms with Gasteiger partial charge in [-0.2, -0.15) is 0 Å². The van der Waals surface area contributed by atoms with Gasteiger partial charge in [-0.15, -0.1) is 0 Å². The molecule has 5 heteroatoms. The molecule has 0 bridgehead atoms. The molecule has 0 aliphatic heterocycles. The van der Waals surface area contributed by atoms with E-state index in [1.165, 1.54) is 0 Å². The van der Waals surface area contributed by atoms with Crippen molar-refractivity contribution in [3.05, 3.63) is 30.3 Å². The smallest absolute Gasteiger partial charge is 0.302 e. The number of para-hydroxylation sites is 1. The summed E-state index contributed by atoms with van der Waals surface area (Å²) in [5.41, 5.74) is 0.828. The molecule has 0 aliphatic carbocycles. The third kappa shape index (κ3) is 2.84. The van der Waals surface area contributed by atoms with Gasteiger partial charge in [0.25, 0.3) is 0 Å². The minimum Gasteiger partial charge on any atom is -0.313 e. The summed E-state index contributed by atoms with van der Waals surface area (Å²) in [6.07, 6.45) is 0. The first kappa shape index (κ1) is 10.3. The van der Waals surface area contributed by atoms with E-state index in [4.69, 9.17) is 0 Å². The summed E-state index contributed by atoms with van der Waals surface area (Å²) in [7, 11) is 0.639. The zero-order valence-electron chi connectivity index (χ0n) is 7.74. The van der Waals surface area contributed by atoms with Crippen LogP contribution in [0, 0.1) is 0 Å². The van der Waals surface area contributed by atoms with Crippen molar-refractivity contribution in [2.24, 2.45) is 0 Å². The van der Waals surface area contributed by atoms with Crippen LogP contribution in [0.2, 0.25) is 0 Å². The normalized spacial score (nSPS) is 11.2.